The molecule has 0 N–H and O–H groups in total. The predicted octanol–water partition coefficient (Wildman–Crippen LogP) is 2.51. The Labute approximate surface area is 136 Å². The second kappa shape index (κ2) is 6.87. The molecule has 1 fully saturated rings. The van der Waals surface area contributed by atoms with Crippen molar-refractivity contribution in [2.45, 2.75) is 31.7 Å². The zero-order valence-corrected chi connectivity index (χ0v) is 14.4. The molecule has 0 saturated heterocycles. The molecule has 1 amide bonds. The summed E-state index contributed by atoms with van der Waals surface area (Å²) < 4.78 is 25.2. The van der Waals surface area contributed by atoms with Crippen LogP contribution in [0.1, 0.15) is 25.7 Å². The first-order chi connectivity index (χ1) is 10.3. The lowest BCUT2D eigenvalue weighted by Crippen LogP contribution is -2.44. The molecular weight excluding hydrogens is 324 g/mol. The van der Waals surface area contributed by atoms with E-state index in [0.29, 0.717) is 10.7 Å². The molecule has 0 atom stereocenters. The Balaban J connectivity index is 2.16. The SMILES string of the molecule is CN(C(=O)CN(c1ccc(Cl)cc1)S(C)(=O)=O)C1CCCC1. The van der Waals surface area contributed by atoms with E-state index < -0.39 is 10.0 Å². The Hall–Kier alpha value is -1.27. The summed E-state index contributed by atoms with van der Waals surface area (Å²) in [6.07, 6.45) is 5.32. The molecule has 1 aromatic rings. The quantitative estimate of drug-likeness (QED) is 0.824. The van der Waals surface area contributed by atoms with Crippen molar-refractivity contribution in [3.8, 4) is 0 Å². The van der Waals surface area contributed by atoms with Crippen LogP contribution in [0.2, 0.25) is 5.02 Å². The molecule has 0 heterocycles. The van der Waals surface area contributed by atoms with E-state index in [-0.39, 0.29) is 18.5 Å². The largest absolute Gasteiger partial charge is 0.341 e. The van der Waals surface area contributed by atoms with Crippen molar-refractivity contribution in [1.82, 2.24) is 4.90 Å². The molecule has 22 heavy (non-hydrogen) atoms. The minimum atomic E-state index is -3.54. The molecule has 1 saturated carbocycles. The third-order valence-electron chi connectivity index (χ3n) is 4.06. The van der Waals surface area contributed by atoms with Crippen molar-refractivity contribution in [2.75, 3.05) is 24.2 Å². The summed E-state index contributed by atoms with van der Waals surface area (Å²) >= 11 is 5.83. The van der Waals surface area contributed by atoms with E-state index in [1.807, 2.05) is 0 Å². The molecule has 0 unspecified atom stereocenters. The summed E-state index contributed by atoms with van der Waals surface area (Å²) in [5.74, 6) is -0.188. The molecule has 0 spiro atoms. The number of anilines is 1. The predicted molar refractivity (Wildman–Crippen MR) is 88.7 cm³/mol. The first-order valence-corrected chi connectivity index (χ1v) is 9.50. The Morgan fingerprint density at radius 3 is 2.27 bits per heavy atom. The van der Waals surface area contributed by atoms with Gasteiger partial charge in [0.1, 0.15) is 6.54 Å². The van der Waals surface area contributed by atoms with Crippen LogP contribution in [0.25, 0.3) is 0 Å². The minimum absolute atomic E-state index is 0.187. The lowest BCUT2D eigenvalue weighted by atomic mass is 10.2. The van der Waals surface area contributed by atoms with Crippen LogP contribution in [0.3, 0.4) is 0 Å². The topological polar surface area (TPSA) is 57.7 Å². The number of carbonyl (C=O) groups excluding carboxylic acids is 1. The van der Waals surface area contributed by atoms with Crippen molar-refractivity contribution in [1.29, 1.82) is 0 Å². The number of nitrogens with zero attached hydrogens (tertiary/aromatic N) is 2. The summed E-state index contributed by atoms with van der Waals surface area (Å²) in [6, 6.07) is 6.65. The minimum Gasteiger partial charge on any atom is -0.341 e. The Morgan fingerprint density at radius 2 is 1.77 bits per heavy atom. The molecule has 7 heteroatoms. The van der Waals surface area contributed by atoms with Crippen LogP contribution in [-0.4, -0.2) is 45.1 Å². The molecule has 0 bridgehead atoms. The zero-order chi connectivity index (χ0) is 16.3. The van der Waals surface area contributed by atoms with Gasteiger partial charge < -0.3 is 4.90 Å². The van der Waals surface area contributed by atoms with E-state index in [0.717, 1.165) is 36.2 Å². The summed E-state index contributed by atoms with van der Waals surface area (Å²) in [5.41, 5.74) is 0.445. The fourth-order valence-electron chi connectivity index (χ4n) is 2.74. The van der Waals surface area contributed by atoms with Gasteiger partial charge >= 0.3 is 0 Å². The molecular formula is C15H21ClN2O3S. The number of carbonyl (C=O) groups is 1. The van der Waals surface area contributed by atoms with Crippen LogP contribution in [0.4, 0.5) is 5.69 Å². The highest BCUT2D eigenvalue weighted by molar-refractivity contribution is 7.92. The van der Waals surface area contributed by atoms with Crippen molar-refractivity contribution >= 4 is 33.2 Å². The third kappa shape index (κ3) is 4.14. The first kappa shape index (κ1) is 17.1. The highest BCUT2D eigenvalue weighted by atomic mass is 35.5. The van der Waals surface area contributed by atoms with Gasteiger partial charge in [0.15, 0.2) is 0 Å². The Bertz CT molecular complexity index is 625. The maximum Gasteiger partial charge on any atom is 0.243 e. The van der Waals surface area contributed by atoms with Gasteiger partial charge in [-0.3, -0.25) is 9.10 Å². The van der Waals surface area contributed by atoms with Crippen LogP contribution in [0.5, 0.6) is 0 Å². The smallest absolute Gasteiger partial charge is 0.243 e. The van der Waals surface area contributed by atoms with E-state index in [1.165, 1.54) is 0 Å². The van der Waals surface area contributed by atoms with Crippen LogP contribution < -0.4 is 4.31 Å². The highest BCUT2D eigenvalue weighted by Crippen LogP contribution is 2.24. The number of hydrogen-bond donors (Lipinski definition) is 0. The van der Waals surface area contributed by atoms with E-state index in [2.05, 4.69) is 0 Å². The Morgan fingerprint density at radius 1 is 1.23 bits per heavy atom. The summed E-state index contributed by atoms with van der Waals surface area (Å²) in [6.45, 7) is -0.187. The zero-order valence-electron chi connectivity index (χ0n) is 12.8. The maximum atomic E-state index is 12.4. The second-order valence-corrected chi connectivity index (χ2v) is 8.03. The molecule has 0 radical (unpaired) electrons. The summed E-state index contributed by atoms with van der Waals surface area (Å²) in [5, 5.41) is 0.520. The van der Waals surface area contributed by atoms with E-state index in [1.54, 1.807) is 36.2 Å². The van der Waals surface area contributed by atoms with Crippen molar-refractivity contribution < 1.29 is 13.2 Å². The molecule has 2 rings (SSSR count). The van der Waals surface area contributed by atoms with Crippen molar-refractivity contribution in [3.05, 3.63) is 29.3 Å². The fraction of sp³-hybridized carbons (Fsp3) is 0.533. The number of halogens is 1. The fourth-order valence-corrected chi connectivity index (χ4v) is 3.71. The average Bonchev–Trinajstić information content (AvgIpc) is 2.97. The molecule has 5 nitrogen and oxygen atoms in total. The van der Waals surface area contributed by atoms with Gasteiger partial charge in [-0.25, -0.2) is 8.42 Å². The van der Waals surface area contributed by atoms with Gasteiger partial charge in [0.05, 0.1) is 11.9 Å². The molecule has 0 aliphatic heterocycles. The standard InChI is InChI=1S/C15H21ClN2O3S/c1-17(13-5-3-4-6-13)15(19)11-18(22(2,20)21)14-9-7-12(16)8-10-14/h7-10,13H,3-6,11H2,1-2H3. The number of hydrogen-bond acceptors (Lipinski definition) is 3. The number of rotatable bonds is 5. The van der Waals surface area contributed by atoms with Gasteiger partial charge in [-0.1, -0.05) is 24.4 Å². The lowest BCUT2D eigenvalue weighted by molar-refractivity contribution is -0.130. The van der Waals surface area contributed by atoms with Crippen LogP contribution >= 0.6 is 11.6 Å². The van der Waals surface area contributed by atoms with Gasteiger partial charge in [0.25, 0.3) is 0 Å². The van der Waals surface area contributed by atoms with Crippen molar-refractivity contribution in [2.24, 2.45) is 0 Å². The van der Waals surface area contributed by atoms with Gasteiger partial charge in [-0.15, -0.1) is 0 Å². The third-order valence-corrected chi connectivity index (χ3v) is 5.45. The van der Waals surface area contributed by atoms with Crippen LogP contribution in [0, 0.1) is 0 Å². The van der Waals surface area contributed by atoms with Gasteiger partial charge in [0, 0.05) is 18.1 Å². The number of likely N-dealkylation sites (N-methyl/N-ethyl adjacent to an activating group) is 1. The summed E-state index contributed by atoms with van der Waals surface area (Å²) in [7, 11) is -1.79. The second-order valence-electron chi connectivity index (χ2n) is 5.69. The molecule has 1 aromatic carbocycles. The summed E-state index contributed by atoms with van der Waals surface area (Å²) in [4.78, 5) is 14.1. The Kier molecular flexibility index (Phi) is 5.34. The molecule has 1 aliphatic rings. The van der Waals surface area contributed by atoms with Gasteiger partial charge in [-0.2, -0.15) is 0 Å². The maximum absolute atomic E-state index is 12.4. The number of benzene rings is 1. The van der Waals surface area contributed by atoms with Crippen LogP contribution in [0.15, 0.2) is 24.3 Å². The van der Waals surface area contributed by atoms with Crippen LogP contribution in [-0.2, 0) is 14.8 Å². The molecule has 122 valence electrons. The lowest BCUT2D eigenvalue weighted by Gasteiger charge is -2.28. The highest BCUT2D eigenvalue weighted by Gasteiger charge is 2.27. The number of amides is 1. The first-order valence-electron chi connectivity index (χ1n) is 7.28. The average molecular weight is 345 g/mol. The normalized spacial score (nSPS) is 15.8. The molecule has 1 aliphatic carbocycles. The number of sulfonamides is 1. The van der Waals surface area contributed by atoms with E-state index >= 15 is 0 Å². The van der Waals surface area contributed by atoms with E-state index in [9.17, 15) is 13.2 Å². The van der Waals surface area contributed by atoms with Crippen molar-refractivity contribution in [3.63, 3.8) is 0 Å². The van der Waals surface area contributed by atoms with Gasteiger partial charge in [-0.05, 0) is 37.1 Å². The van der Waals surface area contributed by atoms with E-state index in [4.69, 9.17) is 11.6 Å². The monoisotopic (exact) mass is 344 g/mol. The molecule has 0 aromatic heterocycles. The van der Waals surface area contributed by atoms with Gasteiger partial charge in [0.2, 0.25) is 15.9 Å².